The molecule has 0 bridgehead atoms. The molecule has 0 aromatic heterocycles. The molecule has 14 heteroatoms. The Hall–Kier alpha value is -0.105. The van der Waals surface area contributed by atoms with E-state index < -0.39 is 38.8 Å². The molecule has 0 amide bonds. The van der Waals surface area contributed by atoms with E-state index in [0.29, 0.717) is 0 Å². The van der Waals surface area contributed by atoms with Gasteiger partial charge < -0.3 is 39.6 Å². The Morgan fingerprint density at radius 3 is 1.17 bits per heavy atom. The normalized spacial score (nSPS) is 12.1. The summed E-state index contributed by atoms with van der Waals surface area (Å²) in [4.78, 5) is 21.4. The van der Waals surface area contributed by atoms with E-state index in [1.165, 1.54) is 0 Å². The van der Waals surface area contributed by atoms with Crippen LogP contribution in [0.4, 0.5) is 0 Å². The smallest absolute Gasteiger partial charge is 0.483 e. The van der Waals surface area contributed by atoms with Crippen molar-refractivity contribution >= 4 is 61.3 Å². The molecule has 6 N–H and O–H groups in total. The molecular formula is C4H14Al2B2O10. The number of rotatable bonds is 5. The minimum atomic E-state index is -2.53. The Balaban J connectivity index is -0.00000112. The highest BCUT2D eigenvalue weighted by Gasteiger charge is 2.36. The third-order valence-electron chi connectivity index (χ3n) is 1.23. The number of hydrogen-bond donors (Lipinski definition) is 6. The van der Waals surface area contributed by atoms with Gasteiger partial charge in [0.15, 0.2) is 46.9 Å². The third kappa shape index (κ3) is 8.91. The molecule has 102 valence electrons. The lowest BCUT2D eigenvalue weighted by atomic mass is 10.1. The molecule has 0 radical (unpaired) electrons. The van der Waals surface area contributed by atoms with Crippen molar-refractivity contribution < 1.29 is 49.2 Å². The van der Waals surface area contributed by atoms with E-state index in [2.05, 4.69) is 9.31 Å². The lowest BCUT2D eigenvalue weighted by Crippen LogP contribution is -2.45. The summed E-state index contributed by atoms with van der Waals surface area (Å²) in [6.45, 7) is 0. The average Bonchev–Trinajstić information content (AvgIpc) is 2.13. The fourth-order valence-corrected chi connectivity index (χ4v) is 0.605. The van der Waals surface area contributed by atoms with Crippen molar-refractivity contribution in [2.75, 3.05) is 0 Å². The van der Waals surface area contributed by atoms with E-state index in [0.717, 1.165) is 0 Å². The fraction of sp³-hybridized carbons (Fsp3) is 0.500. The second-order valence-electron chi connectivity index (χ2n) is 2.42. The number of aliphatic hydroxyl groups excluding tert-OH is 2. The van der Waals surface area contributed by atoms with Gasteiger partial charge in [-0.2, -0.15) is 0 Å². The molecule has 0 aliphatic heterocycles. The monoisotopic (exact) mass is 298 g/mol. The largest absolute Gasteiger partial charge is 0.709 e. The van der Waals surface area contributed by atoms with E-state index >= 15 is 0 Å². The molecule has 0 aromatic carbocycles. The van der Waals surface area contributed by atoms with Crippen molar-refractivity contribution in [1.29, 1.82) is 0 Å². The van der Waals surface area contributed by atoms with Gasteiger partial charge >= 0.3 is 26.6 Å². The van der Waals surface area contributed by atoms with Crippen molar-refractivity contribution in [1.82, 2.24) is 0 Å². The van der Waals surface area contributed by atoms with E-state index in [1.54, 1.807) is 0 Å². The molecule has 0 aliphatic carbocycles. The van der Waals surface area contributed by atoms with Gasteiger partial charge in [0.1, 0.15) is 0 Å². The Kier molecular flexibility index (Phi) is 13.8. The Bertz CT molecular complexity index is 236. The summed E-state index contributed by atoms with van der Waals surface area (Å²) < 4.78 is 7.24. The molecule has 18 heavy (non-hydrogen) atoms. The average molecular weight is 298 g/mol. The summed E-state index contributed by atoms with van der Waals surface area (Å²) >= 11 is 0. The van der Waals surface area contributed by atoms with Crippen LogP contribution in [0.3, 0.4) is 0 Å². The molecule has 2 atom stereocenters. The minimum absolute atomic E-state index is 0. The summed E-state index contributed by atoms with van der Waals surface area (Å²) in [5.41, 5.74) is 0. The Morgan fingerprint density at radius 2 is 1.00 bits per heavy atom. The van der Waals surface area contributed by atoms with Crippen LogP contribution in [0.15, 0.2) is 0 Å². The molecule has 0 fully saturated rings. The van der Waals surface area contributed by atoms with Gasteiger partial charge in [0.2, 0.25) is 0 Å². The number of carbonyl (C=O) groups is 2. The van der Waals surface area contributed by atoms with Crippen molar-refractivity contribution in [3.63, 3.8) is 0 Å². The maximum atomic E-state index is 10.7. The molecule has 0 aromatic rings. The van der Waals surface area contributed by atoms with Gasteiger partial charge in [-0.05, 0) is 0 Å². The van der Waals surface area contributed by atoms with Crippen LogP contribution >= 0.6 is 0 Å². The SMILES string of the molecule is O=C(OB(O)O)C(O)C(O)C(=O)OB(O)O.[AlH3].[AlH3]. The van der Waals surface area contributed by atoms with Crippen molar-refractivity contribution in [3.8, 4) is 0 Å². The van der Waals surface area contributed by atoms with Crippen LogP contribution in [0, 0.1) is 0 Å². The zero-order valence-corrected chi connectivity index (χ0v) is 7.63. The second-order valence-corrected chi connectivity index (χ2v) is 2.42. The lowest BCUT2D eigenvalue weighted by Gasteiger charge is -2.15. The van der Waals surface area contributed by atoms with Gasteiger partial charge in [0.05, 0.1) is 0 Å². The third-order valence-corrected chi connectivity index (χ3v) is 1.23. The zero-order chi connectivity index (χ0) is 12.9. The second kappa shape index (κ2) is 10.8. The highest BCUT2D eigenvalue weighted by molar-refractivity contribution is 6.36. The molecule has 2 unspecified atom stereocenters. The predicted molar refractivity (Wildman–Crippen MR) is 64.5 cm³/mol. The molecule has 0 aliphatic rings. The van der Waals surface area contributed by atoms with E-state index in [4.69, 9.17) is 30.3 Å². The van der Waals surface area contributed by atoms with Crippen LogP contribution in [0.1, 0.15) is 0 Å². The van der Waals surface area contributed by atoms with Crippen LogP contribution in [0.25, 0.3) is 0 Å². The Labute approximate surface area is 123 Å². The molecular weight excluding hydrogens is 284 g/mol. The summed E-state index contributed by atoms with van der Waals surface area (Å²) in [5, 5.41) is 50.5. The first kappa shape index (κ1) is 23.0. The molecule has 0 saturated carbocycles. The predicted octanol–water partition coefficient (Wildman–Crippen LogP) is -7.63. The van der Waals surface area contributed by atoms with Crippen LogP contribution in [0.5, 0.6) is 0 Å². The fourth-order valence-electron chi connectivity index (χ4n) is 0.605. The number of carbonyl (C=O) groups excluding carboxylic acids is 2. The maximum Gasteiger partial charge on any atom is 0.709 e. The van der Waals surface area contributed by atoms with Crippen LogP contribution < -0.4 is 0 Å². The first-order valence-corrected chi connectivity index (χ1v) is 3.75. The summed E-state index contributed by atoms with van der Waals surface area (Å²) in [6, 6.07) is 0. The quantitative estimate of drug-likeness (QED) is 0.267. The maximum absolute atomic E-state index is 10.7. The molecule has 0 rings (SSSR count). The molecule has 0 spiro atoms. The number of hydrogen-bond acceptors (Lipinski definition) is 10. The Morgan fingerprint density at radius 1 is 0.778 bits per heavy atom. The summed E-state index contributed by atoms with van der Waals surface area (Å²) in [6.07, 6.45) is -4.93. The van der Waals surface area contributed by atoms with Crippen LogP contribution in [-0.4, -0.2) is 104 Å². The lowest BCUT2D eigenvalue weighted by molar-refractivity contribution is -0.165. The van der Waals surface area contributed by atoms with Gasteiger partial charge in [-0.15, -0.1) is 0 Å². The van der Waals surface area contributed by atoms with E-state index in [-0.39, 0.29) is 34.7 Å². The highest BCUT2D eigenvalue weighted by Crippen LogP contribution is 2.00. The zero-order valence-electron chi connectivity index (χ0n) is 7.63. The van der Waals surface area contributed by atoms with Crippen LogP contribution in [0.2, 0.25) is 0 Å². The first-order valence-electron chi connectivity index (χ1n) is 3.75. The summed E-state index contributed by atoms with van der Waals surface area (Å²) in [5.74, 6) is -3.43. The van der Waals surface area contributed by atoms with Gasteiger partial charge in [-0.3, -0.25) is 9.59 Å². The minimum Gasteiger partial charge on any atom is -0.483 e. The first-order chi connectivity index (χ1) is 7.25. The molecule has 0 saturated heterocycles. The topological polar surface area (TPSA) is 174 Å². The van der Waals surface area contributed by atoms with Gasteiger partial charge in [0.25, 0.3) is 0 Å². The van der Waals surface area contributed by atoms with Crippen LogP contribution in [-0.2, 0) is 18.9 Å². The van der Waals surface area contributed by atoms with Crippen molar-refractivity contribution in [3.05, 3.63) is 0 Å². The van der Waals surface area contributed by atoms with Gasteiger partial charge in [-0.1, -0.05) is 0 Å². The van der Waals surface area contributed by atoms with Crippen molar-refractivity contribution in [2.24, 2.45) is 0 Å². The molecule has 0 heterocycles. The van der Waals surface area contributed by atoms with Gasteiger partial charge in [-0.25, -0.2) is 0 Å². The summed E-state index contributed by atoms with van der Waals surface area (Å²) in [7, 11) is -5.07. The van der Waals surface area contributed by atoms with Gasteiger partial charge in [0, 0.05) is 0 Å². The van der Waals surface area contributed by atoms with E-state index in [1.807, 2.05) is 0 Å². The van der Waals surface area contributed by atoms with E-state index in [9.17, 15) is 9.59 Å². The number of aliphatic hydroxyl groups is 2. The van der Waals surface area contributed by atoms with Crippen molar-refractivity contribution in [2.45, 2.75) is 12.2 Å². The standard InChI is InChI=1S/C4H8B2O10.2Al.6H/c7-1(3(9)15-5(11)12)2(8)4(10)16-6(13)14;;;;;;;;/h1-2,7-8,11-14H;;;;;;;;. The highest BCUT2D eigenvalue weighted by atomic mass is 27.0. The molecule has 10 nitrogen and oxygen atoms in total.